The lowest BCUT2D eigenvalue weighted by Crippen LogP contribution is -2.38. The summed E-state index contributed by atoms with van der Waals surface area (Å²) in [6.07, 6.45) is 0. The number of fused-ring (bicyclic) bond motifs is 3. The fraction of sp³-hybridized carbons (Fsp3) is 0.158. The van der Waals surface area contributed by atoms with Gasteiger partial charge in [0.1, 0.15) is 0 Å². The maximum absolute atomic E-state index is 14.9. The van der Waals surface area contributed by atoms with E-state index < -0.39 is 29.4 Å². The summed E-state index contributed by atoms with van der Waals surface area (Å²) in [5.41, 5.74) is 2.42. The van der Waals surface area contributed by atoms with Gasteiger partial charge in [-0.15, -0.1) is 0 Å². The first-order valence-corrected chi connectivity index (χ1v) is 8.71. The summed E-state index contributed by atoms with van der Waals surface area (Å²) in [4.78, 5) is 26.7. The van der Waals surface area contributed by atoms with Crippen LogP contribution in [0.2, 0.25) is 10.0 Å². The summed E-state index contributed by atoms with van der Waals surface area (Å²) in [5.74, 6) is -3.14. The van der Waals surface area contributed by atoms with Crippen molar-refractivity contribution in [2.45, 2.75) is 18.9 Å². The molecular weight excluding hydrogens is 380 g/mol. The Bertz CT molecular complexity index is 1110. The number of anilines is 1. The number of aliphatic hydroxyl groups is 1. The number of benzene rings is 2. The van der Waals surface area contributed by atoms with Crippen molar-refractivity contribution >= 4 is 40.6 Å². The van der Waals surface area contributed by atoms with Crippen LogP contribution in [0.15, 0.2) is 35.6 Å². The van der Waals surface area contributed by atoms with E-state index in [4.69, 9.17) is 23.2 Å². The molecule has 2 aromatic carbocycles. The number of amides is 1. The van der Waals surface area contributed by atoms with Gasteiger partial charge in [-0.2, -0.15) is 0 Å². The number of nitrogens with zero attached hydrogens (tertiary/aromatic N) is 1. The van der Waals surface area contributed by atoms with Gasteiger partial charge in [0.2, 0.25) is 0 Å². The van der Waals surface area contributed by atoms with Crippen molar-refractivity contribution in [1.82, 2.24) is 0 Å². The highest BCUT2D eigenvalue weighted by Gasteiger charge is 2.53. The van der Waals surface area contributed by atoms with Crippen molar-refractivity contribution in [1.29, 1.82) is 0 Å². The molecule has 2 aromatic rings. The number of carbonyl (C=O) groups excluding carboxylic acids is 2. The lowest BCUT2D eigenvalue weighted by molar-refractivity contribution is -0.118. The third kappa shape index (κ3) is 1.65. The first-order valence-electron chi connectivity index (χ1n) is 7.95. The van der Waals surface area contributed by atoms with E-state index in [0.29, 0.717) is 27.3 Å². The van der Waals surface area contributed by atoms with Gasteiger partial charge in [-0.3, -0.25) is 14.5 Å². The van der Waals surface area contributed by atoms with Crippen LogP contribution < -0.4 is 4.90 Å². The molecule has 0 bridgehead atoms. The van der Waals surface area contributed by atoms with Crippen molar-refractivity contribution in [2.75, 3.05) is 4.90 Å². The van der Waals surface area contributed by atoms with Crippen LogP contribution in [-0.4, -0.2) is 16.8 Å². The molecule has 0 saturated heterocycles. The topological polar surface area (TPSA) is 57.6 Å². The Balaban J connectivity index is 1.99. The molecule has 0 fully saturated rings. The van der Waals surface area contributed by atoms with Gasteiger partial charge in [0.25, 0.3) is 5.91 Å². The quantitative estimate of drug-likeness (QED) is 0.710. The van der Waals surface area contributed by atoms with Gasteiger partial charge in [0, 0.05) is 16.5 Å². The third-order valence-corrected chi connectivity index (χ3v) is 5.89. The van der Waals surface area contributed by atoms with Crippen LogP contribution in [0, 0.1) is 5.82 Å². The third-order valence-electron chi connectivity index (χ3n) is 5.38. The monoisotopic (exact) mass is 389 g/mol. The summed E-state index contributed by atoms with van der Waals surface area (Å²) < 4.78 is 14.9. The second kappa shape index (κ2) is 4.87. The zero-order valence-electron chi connectivity index (χ0n) is 13.3. The van der Waals surface area contributed by atoms with Crippen molar-refractivity contribution in [2.24, 2.45) is 0 Å². The summed E-state index contributed by atoms with van der Waals surface area (Å²) in [7, 11) is 0. The molecule has 7 heteroatoms. The smallest absolute Gasteiger partial charge is 0.294 e. The molecule has 2 heterocycles. The summed E-state index contributed by atoms with van der Waals surface area (Å²) >= 11 is 12.2. The molecule has 3 aliphatic rings. The Kier molecular flexibility index (Phi) is 2.97. The molecular formula is C19H10Cl2FNO3. The maximum atomic E-state index is 14.9. The van der Waals surface area contributed by atoms with Crippen LogP contribution in [-0.2, 0) is 9.59 Å². The van der Waals surface area contributed by atoms with Crippen molar-refractivity contribution < 1.29 is 19.1 Å². The van der Waals surface area contributed by atoms with Crippen LogP contribution in [0.1, 0.15) is 30.0 Å². The minimum absolute atomic E-state index is 0.00333. The normalized spacial score (nSPS) is 22.7. The Morgan fingerprint density at radius 1 is 1.15 bits per heavy atom. The first-order chi connectivity index (χ1) is 12.3. The van der Waals surface area contributed by atoms with E-state index in [-0.39, 0.29) is 22.1 Å². The Hall–Kier alpha value is -2.37. The number of hydrogen-bond acceptors (Lipinski definition) is 3. The second-order valence-electron chi connectivity index (χ2n) is 6.64. The molecule has 26 heavy (non-hydrogen) atoms. The number of hydrogen-bond donors (Lipinski definition) is 1. The van der Waals surface area contributed by atoms with Gasteiger partial charge >= 0.3 is 0 Å². The predicted molar refractivity (Wildman–Crippen MR) is 95.2 cm³/mol. The van der Waals surface area contributed by atoms with E-state index >= 15 is 0 Å². The fourth-order valence-electron chi connectivity index (χ4n) is 4.25. The van der Waals surface area contributed by atoms with Gasteiger partial charge in [0.05, 0.1) is 22.3 Å². The average Bonchev–Trinajstić information content (AvgIpc) is 2.87. The van der Waals surface area contributed by atoms with E-state index in [1.54, 1.807) is 25.1 Å². The van der Waals surface area contributed by atoms with E-state index in [1.165, 1.54) is 6.07 Å². The average molecular weight is 390 g/mol. The second-order valence-corrected chi connectivity index (χ2v) is 7.48. The molecule has 1 aliphatic carbocycles. The number of Topliss-reactive ketones (excluding diaryl/α,β-unsaturated/α-hetero) is 1. The van der Waals surface area contributed by atoms with Gasteiger partial charge in [-0.05, 0) is 34.9 Å². The summed E-state index contributed by atoms with van der Waals surface area (Å²) in [6.45, 7) is 1.70. The van der Waals surface area contributed by atoms with Crippen molar-refractivity contribution in [3.63, 3.8) is 0 Å². The van der Waals surface area contributed by atoms with Crippen LogP contribution >= 0.6 is 23.2 Å². The molecule has 1 N–H and O–H groups in total. The minimum Gasteiger partial charge on any atom is -0.503 e. The highest BCUT2D eigenvalue weighted by atomic mass is 35.5. The van der Waals surface area contributed by atoms with Crippen LogP contribution in [0.3, 0.4) is 0 Å². The van der Waals surface area contributed by atoms with Gasteiger partial charge in [0.15, 0.2) is 17.4 Å². The fourth-order valence-corrected chi connectivity index (χ4v) is 4.63. The molecule has 0 radical (unpaired) electrons. The molecule has 4 nitrogen and oxygen atoms in total. The van der Waals surface area contributed by atoms with E-state index in [1.807, 2.05) is 0 Å². The highest BCUT2D eigenvalue weighted by Crippen LogP contribution is 2.58. The first kappa shape index (κ1) is 15.9. The predicted octanol–water partition coefficient (Wildman–Crippen LogP) is 4.70. The zero-order chi connectivity index (χ0) is 18.5. The SMILES string of the molecule is CC1C(=O)C2=C(O)C(=O)N3c4c(ccc(Cl)c4F)-c4cc(Cl)cc1c4C23. The molecule has 130 valence electrons. The molecule has 1 amide bonds. The lowest BCUT2D eigenvalue weighted by Gasteiger charge is -2.40. The molecule has 2 unspecified atom stereocenters. The highest BCUT2D eigenvalue weighted by molar-refractivity contribution is 6.32. The summed E-state index contributed by atoms with van der Waals surface area (Å²) in [5, 5.41) is 10.6. The van der Waals surface area contributed by atoms with Crippen LogP contribution in [0.4, 0.5) is 10.1 Å². The maximum Gasteiger partial charge on any atom is 0.294 e. The Labute approximate surface area is 157 Å². The van der Waals surface area contributed by atoms with E-state index in [2.05, 4.69) is 0 Å². The zero-order valence-corrected chi connectivity index (χ0v) is 14.8. The molecule has 2 atom stereocenters. The van der Waals surface area contributed by atoms with Crippen molar-refractivity contribution in [3.05, 3.63) is 62.6 Å². The largest absolute Gasteiger partial charge is 0.503 e. The number of carbonyl (C=O) groups is 2. The number of rotatable bonds is 0. The standard InChI is InChI=1S/C19H10Cl2FNO3/c1-6-9-4-7(20)5-10-8-2-3-11(21)14(22)15(8)23-16(12(9)10)13(17(6)24)18(25)19(23)26/h2-6,16,25H,1H3. The molecule has 0 spiro atoms. The number of aliphatic hydroxyl groups excluding tert-OH is 1. The van der Waals surface area contributed by atoms with Gasteiger partial charge < -0.3 is 5.11 Å². The van der Waals surface area contributed by atoms with Gasteiger partial charge in [-0.1, -0.05) is 36.2 Å². The Morgan fingerprint density at radius 2 is 1.88 bits per heavy atom. The molecule has 0 aromatic heterocycles. The lowest BCUT2D eigenvalue weighted by atomic mass is 9.72. The van der Waals surface area contributed by atoms with E-state index in [9.17, 15) is 19.1 Å². The van der Waals surface area contributed by atoms with Crippen LogP contribution in [0.25, 0.3) is 11.1 Å². The van der Waals surface area contributed by atoms with E-state index in [0.717, 1.165) is 4.90 Å². The van der Waals surface area contributed by atoms with Crippen LogP contribution in [0.5, 0.6) is 0 Å². The van der Waals surface area contributed by atoms with Gasteiger partial charge in [-0.25, -0.2) is 4.39 Å². The number of halogens is 3. The minimum atomic E-state index is -0.867. The molecule has 5 rings (SSSR count). The Morgan fingerprint density at radius 3 is 2.62 bits per heavy atom. The summed E-state index contributed by atoms with van der Waals surface area (Å²) in [6, 6.07) is 5.54. The molecule has 0 saturated carbocycles. The molecule has 2 aliphatic heterocycles. The number of ketones is 1. The van der Waals surface area contributed by atoms with Crippen molar-refractivity contribution in [3.8, 4) is 11.1 Å².